The van der Waals surface area contributed by atoms with Gasteiger partial charge < -0.3 is 15.4 Å². The molecule has 0 amide bonds. The van der Waals surface area contributed by atoms with Crippen LogP contribution in [0.15, 0.2) is 4.99 Å². The van der Waals surface area contributed by atoms with Crippen molar-refractivity contribution in [3.63, 3.8) is 0 Å². The van der Waals surface area contributed by atoms with Gasteiger partial charge in [-0.3, -0.25) is 9.89 Å². The Kier molecular flexibility index (Phi) is 6.43. The van der Waals surface area contributed by atoms with Crippen LogP contribution in [0.3, 0.4) is 0 Å². The van der Waals surface area contributed by atoms with Crippen molar-refractivity contribution in [2.24, 2.45) is 4.99 Å². The smallest absolute Gasteiger partial charge is 0.191 e. The van der Waals surface area contributed by atoms with E-state index in [2.05, 4.69) is 41.3 Å². The molecule has 1 fully saturated rings. The van der Waals surface area contributed by atoms with Crippen LogP contribution in [0.5, 0.6) is 0 Å². The average molecular weight is 256 g/mol. The van der Waals surface area contributed by atoms with Crippen LogP contribution < -0.4 is 10.6 Å². The lowest BCUT2D eigenvalue weighted by atomic mass is 10.0. The van der Waals surface area contributed by atoms with E-state index in [0.717, 1.165) is 51.8 Å². The minimum atomic E-state index is 0.119. The monoisotopic (exact) mass is 256 g/mol. The van der Waals surface area contributed by atoms with Crippen molar-refractivity contribution in [3.8, 4) is 0 Å². The third kappa shape index (κ3) is 4.82. The van der Waals surface area contributed by atoms with E-state index in [4.69, 9.17) is 4.74 Å². The van der Waals surface area contributed by atoms with Crippen LogP contribution in [0.25, 0.3) is 0 Å². The molecular weight excluding hydrogens is 228 g/mol. The molecule has 5 nitrogen and oxygen atoms in total. The van der Waals surface area contributed by atoms with Crippen LogP contribution in [-0.2, 0) is 4.74 Å². The molecule has 0 aromatic heterocycles. The highest BCUT2D eigenvalue weighted by Crippen LogP contribution is 2.14. The fraction of sp³-hybridized carbons (Fsp3) is 0.923. The van der Waals surface area contributed by atoms with Gasteiger partial charge in [-0.05, 0) is 20.3 Å². The highest BCUT2D eigenvalue weighted by molar-refractivity contribution is 5.79. The first kappa shape index (κ1) is 15.2. The van der Waals surface area contributed by atoms with Gasteiger partial charge in [0.15, 0.2) is 5.96 Å². The molecule has 0 spiro atoms. The zero-order chi connectivity index (χ0) is 13.4. The van der Waals surface area contributed by atoms with Crippen LogP contribution in [0, 0.1) is 0 Å². The third-order valence-electron chi connectivity index (χ3n) is 3.32. The average Bonchev–Trinajstić information content (AvgIpc) is 2.40. The van der Waals surface area contributed by atoms with Crippen LogP contribution in [0.2, 0.25) is 0 Å². The van der Waals surface area contributed by atoms with Crippen molar-refractivity contribution in [2.45, 2.75) is 32.7 Å². The molecule has 1 aliphatic heterocycles. The zero-order valence-corrected chi connectivity index (χ0v) is 12.3. The van der Waals surface area contributed by atoms with Crippen LogP contribution in [0.4, 0.5) is 0 Å². The molecular formula is C13H28N4O. The Bertz CT molecular complexity index is 260. The Morgan fingerprint density at radius 1 is 1.28 bits per heavy atom. The second-order valence-electron chi connectivity index (χ2n) is 5.26. The normalized spacial score (nSPS) is 18.8. The summed E-state index contributed by atoms with van der Waals surface area (Å²) in [6.45, 7) is 12.2. The number of guanidine groups is 1. The number of rotatable bonds is 5. The topological polar surface area (TPSA) is 48.9 Å². The summed E-state index contributed by atoms with van der Waals surface area (Å²) in [6, 6.07) is 0. The Hall–Kier alpha value is -0.810. The van der Waals surface area contributed by atoms with Crippen molar-refractivity contribution < 1.29 is 4.74 Å². The molecule has 1 heterocycles. The van der Waals surface area contributed by atoms with E-state index in [1.807, 2.05) is 7.05 Å². The van der Waals surface area contributed by atoms with Gasteiger partial charge in [0.25, 0.3) is 0 Å². The van der Waals surface area contributed by atoms with E-state index in [9.17, 15) is 0 Å². The second kappa shape index (κ2) is 7.59. The van der Waals surface area contributed by atoms with E-state index in [1.165, 1.54) is 0 Å². The Morgan fingerprint density at radius 2 is 1.94 bits per heavy atom. The van der Waals surface area contributed by atoms with E-state index in [-0.39, 0.29) is 5.54 Å². The quantitative estimate of drug-likeness (QED) is 0.561. The number of nitrogens with one attached hydrogen (secondary N) is 2. The molecule has 0 radical (unpaired) electrons. The molecule has 0 atom stereocenters. The number of morpholine rings is 1. The summed E-state index contributed by atoms with van der Waals surface area (Å²) < 4.78 is 5.40. The maximum Gasteiger partial charge on any atom is 0.191 e. The lowest BCUT2D eigenvalue weighted by Gasteiger charge is -2.41. The summed E-state index contributed by atoms with van der Waals surface area (Å²) in [6.07, 6.45) is 1.10. The molecule has 0 aromatic carbocycles. The summed E-state index contributed by atoms with van der Waals surface area (Å²) in [7, 11) is 1.81. The molecule has 2 N–H and O–H groups in total. The highest BCUT2D eigenvalue weighted by atomic mass is 16.5. The minimum Gasteiger partial charge on any atom is -0.379 e. The molecule has 0 aromatic rings. The molecule has 18 heavy (non-hydrogen) atoms. The van der Waals surface area contributed by atoms with Gasteiger partial charge in [-0.1, -0.05) is 6.92 Å². The largest absolute Gasteiger partial charge is 0.379 e. The molecule has 1 rings (SSSR count). The van der Waals surface area contributed by atoms with E-state index in [0.29, 0.717) is 0 Å². The molecule has 0 saturated carbocycles. The Labute approximate surface area is 111 Å². The van der Waals surface area contributed by atoms with E-state index < -0.39 is 0 Å². The van der Waals surface area contributed by atoms with Gasteiger partial charge in [0, 0.05) is 38.8 Å². The SMILES string of the molecule is CCCNC(=NC)NCC(C)(C)N1CCOCC1. The number of nitrogens with zero attached hydrogens (tertiary/aromatic N) is 2. The van der Waals surface area contributed by atoms with Crippen molar-refractivity contribution >= 4 is 5.96 Å². The third-order valence-corrected chi connectivity index (χ3v) is 3.32. The van der Waals surface area contributed by atoms with Gasteiger partial charge in [-0.15, -0.1) is 0 Å². The highest BCUT2D eigenvalue weighted by Gasteiger charge is 2.28. The fourth-order valence-electron chi connectivity index (χ4n) is 2.04. The Morgan fingerprint density at radius 3 is 2.50 bits per heavy atom. The predicted octanol–water partition coefficient (Wildman–Crippen LogP) is 0.672. The van der Waals surface area contributed by atoms with Crippen molar-refractivity contribution in [3.05, 3.63) is 0 Å². The van der Waals surface area contributed by atoms with Crippen molar-refractivity contribution in [1.82, 2.24) is 15.5 Å². The summed E-state index contributed by atoms with van der Waals surface area (Å²) in [4.78, 5) is 6.69. The second-order valence-corrected chi connectivity index (χ2v) is 5.26. The molecule has 5 heteroatoms. The van der Waals surface area contributed by atoms with Crippen LogP contribution >= 0.6 is 0 Å². The van der Waals surface area contributed by atoms with Crippen molar-refractivity contribution in [2.75, 3.05) is 46.4 Å². The van der Waals surface area contributed by atoms with E-state index >= 15 is 0 Å². The van der Waals surface area contributed by atoms with Gasteiger partial charge >= 0.3 is 0 Å². The van der Waals surface area contributed by atoms with Gasteiger partial charge in [0.2, 0.25) is 0 Å². The van der Waals surface area contributed by atoms with Gasteiger partial charge in [-0.2, -0.15) is 0 Å². The van der Waals surface area contributed by atoms with Crippen LogP contribution in [-0.4, -0.2) is 62.8 Å². The lowest BCUT2D eigenvalue weighted by molar-refractivity contribution is -0.00833. The summed E-state index contributed by atoms with van der Waals surface area (Å²) in [5.74, 6) is 0.887. The molecule has 0 unspecified atom stereocenters. The van der Waals surface area contributed by atoms with Gasteiger partial charge in [0.1, 0.15) is 0 Å². The Balaban J connectivity index is 2.39. The summed E-state index contributed by atoms with van der Waals surface area (Å²) >= 11 is 0. The summed E-state index contributed by atoms with van der Waals surface area (Å²) in [5.41, 5.74) is 0.119. The van der Waals surface area contributed by atoms with Gasteiger partial charge in [0.05, 0.1) is 13.2 Å². The number of ether oxygens (including phenoxy) is 1. The summed E-state index contributed by atoms with van der Waals surface area (Å²) in [5, 5.41) is 6.69. The zero-order valence-electron chi connectivity index (χ0n) is 12.3. The number of aliphatic imine (C=N–C) groups is 1. The lowest BCUT2D eigenvalue weighted by Crippen LogP contribution is -2.56. The van der Waals surface area contributed by atoms with Gasteiger partial charge in [-0.25, -0.2) is 0 Å². The molecule has 1 aliphatic rings. The molecule has 0 aliphatic carbocycles. The predicted molar refractivity (Wildman–Crippen MR) is 76.1 cm³/mol. The first-order valence-corrected chi connectivity index (χ1v) is 6.87. The van der Waals surface area contributed by atoms with Crippen molar-refractivity contribution in [1.29, 1.82) is 0 Å². The van der Waals surface area contributed by atoms with Crippen LogP contribution in [0.1, 0.15) is 27.2 Å². The minimum absolute atomic E-state index is 0.119. The first-order valence-electron chi connectivity index (χ1n) is 6.87. The fourth-order valence-corrected chi connectivity index (χ4v) is 2.04. The standard InChI is InChI=1S/C13H28N4O/c1-5-6-15-12(14-4)16-11-13(2,3)17-7-9-18-10-8-17/h5-11H2,1-4H3,(H2,14,15,16). The number of hydrogen-bond donors (Lipinski definition) is 2. The molecule has 1 saturated heterocycles. The molecule has 106 valence electrons. The van der Waals surface area contributed by atoms with E-state index in [1.54, 1.807) is 0 Å². The number of hydrogen-bond acceptors (Lipinski definition) is 3. The maximum atomic E-state index is 5.40. The first-order chi connectivity index (χ1) is 8.60. The molecule has 0 bridgehead atoms. The maximum absolute atomic E-state index is 5.40.